The van der Waals surface area contributed by atoms with Crippen LogP contribution in [0.3, 0.4) is 0 Å². The van der Waals surface area contributed by atoms with Gasteiger partial charge in [0.25, 0.3) is 16.8 Å². The molecule has 0 aromatic heterocycles. The fourth-order valence-electron chi connectivity index (χ4n) is 2.54. The van der Waals surface area contributed by atoms with Crippen molar-refractivity contribution in [2.24, 2.45) is 0 Å². The molecule has 0 radical (unpaired) electrons. The molecule has 0 spiro atoms. The highest BCUT2D eigenvalue weighted by Gasteiger charge is 2.35. The molecule has 1 aliphatic heterocycles. The number of thioether (sulfide) groups is 1. The Balaban J connectivity index is 1.85. The average Bonchev–Trinajstić information content (AvgIpc) is 2.84. The maximum absolute atomic E-state index is 12.6. The Labute approximate surface area is 158 Å². The summed E-state index contributed by atoms with van der Waals surface area (Å²) in [7, 11) is 0. The molecular weight excluding hydrogens is 376 g/mol. The Morgan fingerprint density at radius 1 is 1.23 bits per heavy atom. The highest BCUT2D eigenvalue weighted by Crippen LogP contribution is 2.34. The third-order valence-corrected chi connectivity index (χ3v) is 4.99. The number of imide groups is 1. The van der Waals surface area contributed by atoms with Gasteiger partial charge < -0.3 is 0 Å². The van der Waals surface area contributed by atoms with Gasteiger partial charge in [0.05, 0.1) is 16.4 Å². The lowest BCUT2D eigenvalue weighted by Gasteiger charge is -2.12. The molecule has 1 fully saturated rings. The number of rotatable bonds is 4. The monoisotopic (exact) mass is 388 g/mol. The van der Waals surface area contributed by atoms with Crippen molar-refractivity contribution in [3.8, 4) is 0 Å². The van der Waals surface area contributed by atoms with E-state index < -0.39 is 10.8 Å². The maximum Gasteiger partial charge on any atom is 0.293 e. The number of carbonyl (C=O) groups excluding carboxylic acids is 2. The molecule has 2 aromatic rings. The molecule has 1 aliphatic rings. The first kappa shape index (κ1) is 18.2. The molecule has 132 valence electrons. The van der Waals surface area contributed by atoms with Gasteiger partial charge in [0.2, 0.25) is 0 Å². The third kappa shape index (κ3) is 3.79. The first-order valence-corrected chi connectivity index (χ1v) is 8.79. The summed E-state index contributed by atoms with van der Waals surface area (Å²) >= 11 is 6.60. The molecule has 1 heterocycles. The van der Waals surface area contributed by atoms with Gasteiger partial charge in [-0.2, -0.15) is 0 Å². The Morgan fingerprint density at radius 3 is 2.69 bits per heavy atom. The fourth-order valence-corrected chi connectivity index (χ4v) is 3.56. The van der Waals surface area contributed by atoms with E-state index in [4.69, 9.17) is 11.6 Å². The van der Waals surface area contributed by atoms with E-state index in [0.717, 1.165) is 27.8 Å². The fraction of sp³-hybridized carbons (Fsp3) is 0.111. The number of nitrogens with zero attached hydrogens (tertiary/aromatic N) is 2. The number of hydrogen-bond donors (Lipinski definition) is 0. The first-order valence-electron chi connectivity index (χ1n) is 7.60. The van der Waals surface area contributed by atoms with Gasteiger partial charge in [-0.1, -0.05) is 47.5 Å². The number of aryl methyl sites for hydroxylation is 1. The van der Waals surface area contributed by atoms with Gasteiger partial charge in [-0.15, -0.1) is 0 Å². The van der Waals surface area contributed by atoms with Gasteiger partial charge >= 0.3 is 0 Å². The zero-order chi connectivity index (χ0) is 18.8. The molecule has 2 aromatic carbocycles. The molecule has 0 aliphatic carbocycles. The summed E-state index contributed by atoms with van der Waals surface area (Å²) in [5.41, 5.74) is 2.08. The minimum Gasteiger partial charge on any atom is -0.268 e. The van der Waals surface area contributed by atoms with E-state index in [1.54, 1.807) is 6.07 Å². The van der Waals surface area contributed by atoms with Crippen molar-refractivity contribution in [1.82, 2.24) is 4.90 Å². The summed E-state index contributed by atoms with van der Waals surface area (Å²) in [5, 5.41) is 10.6. The van der Waals surface area contributed by atoms with Crippen LogP contribution in [0.5, 0.6) is 0 Å². The summed E-state index contributed by atoms with van der Waals surface area (Å²) in [6.45, 7) is 2.12. The summed E-state index contributed by atoms with van der Waals surface area (Å²) in [6.07, 6.45) is 1.46. The van der Waals surface area contributed by atoms with Crippen molar-refractivity contribution in [2.75, 3.05) is 0 Å². The Bertz CT molecular complexity index is 958. The number of halogens is 1. The lowest BCUT2D eigenvalue weighted by Crippen LogP contribution is -2.27. The largest absolute Gasteiger partial charge is 0.293 e. The van der Waals surface area contributed by atoms with Crippen molar-refractivity contribution in [2.45, 2.75) is 13.5 Å². The van der Waals surface area contributed by atoms with Crippen LogP contribution in [0, 0.1) is 17.0 Å². The standard InChI is InChI=1S/C18H13ClN2O4S/c1-11-3-2-4-13(7-11)10-20-17(22)16(26-18(20)23)9-12-5-6-14(19)15(8-12)21(24)25/h2-9H,10H2,1H3/b16-9-. The van der Waals surface area contributed by atoms with Crippen molar-refractivity contribution in [1.29, 1.82) is 0 Å². The highest BCUT2D eigenvalue weighted by molar-refractivity contribution is 8.18. The average molecular weight is 389 g/mol. The second-order valence-electron chi connectivity index (χ2n) is 5.72. The van der Waals surface area contributed by atoms with Crippen LogP contribution in [-0.2, 0) is 11.3 Å². The highest BCUT2D eigenvalue weighted by atomic mass is 35.5. The molecule has 1 saturated heterocycles. The lowest BCUT2D eigenvalue weighted by molar-refractivity contribution is -0.384. The zero-order valence-corrected chi connectivity index (χ0v) is 15.2. The molecule has 8 heteroatoms. The van der Waals surface area contributed by atoms with E-state index in [0.29, 0.717) is 5.56 Å². The van der Waals surface area contributed by atoms with Crippen LogP contribution < -0.4 is 0 Å². The van der Waals surface area contributed by atoms with E-state index >= 15 is 0 Å². The Kier molecular flexibility index (Phi) is 5.11. The molecule has 0 bridgehead atoms. The Morgan fingerprint density at radius 2 is 2.00 bits per heavy atom. The normalized spacial score (nSPS) is 15.8. The van der Waals surface area contributed by atoms with Crippen LogP contribution in [0.4, 0.5) is 10.5 Å². The summed E-state index contributed by atoms with van der Waals surface area (Å²) < 4.78 is 0. The zero-order valence-electron chi connectivity index (χ0n) is 13.6. The van der Waals surface area contributed by atoms with Crippen LogP contribution in [0.2, 0.25) is 5.02 Å². The predicted octanol–water partition coefficient (Wildman–Crippen LogP) is 4.79. The van der Waals surface area contributed by atoms with Crippen LogP contribution >= 0.6 is 23.4 Å². The molecule has 0 saturated carbocycles. The topological polar surface area (TPSA) is 80.5 Å². The van der Waals surface area contributed by atoms with Gasteiger partial charge in [0.1, 0.15) is 5.02 Å². The van der Waals surface area contributed by atoms with Crippen molar-refractivity contribution < 1.29 is 14.5 Å². The minimum atomic E-state index is -0.594. The second kappa shape index (κ2) is 7.31. The molecule has 0 atom stereocenters. The quantitative estimate of drug-likeness (QED) is 0.427. The van der Waals surface area contributed by atoms with E-state index in [9.17, 15) is 19.7 Å². The van der Waals surface area contributed by atoms with Crippen LogP contribution in [0.15, 0.2) is 47.4 Å². The van der Waals surface area contributed by atoms with Crippen LogP contribution in [0.1, 0.15) is 16.7 Å². The van der Waals surface area contributed by atoms with E-state index in [-0.39, 0.29) is 27.4 Å². The molecule has 26 heavy (non-hydrogen) atoms. The maximum atomic E-state index is 12.6. The van der Waals surface area contributed by atoms with Crippen LogP contribution in [0.25, 0.3) is 6.08 Å². The second-order valence-corrected chi connectivity index (χ2v) is 7.13. The van der Waals surface area contributed by atoms with Crippen molar-refractivity contribution >= 4 is 46.3 Å². The van der Waals surface area contributed by atoms with Gasteiger partial charge in [-0.25, -0.2) is 0 Å². The van der Waals surface area contributed by atoms with E-state index in [1.165, 1.54) is 18.2 Å². The number of nitro groups is 1. The number of benzene rings is 2. The van der Waals surface area contributed by atoms with Gasteiger partial charge in [0, 0.05) is 6.07 Å². The van der Waals surface area contributed by atoms with E-state index in [1.807, 2.05) is 31.2 Å². The van der Waals surface area contributed by atoms with Crippen molar-refractivity contribution in [3.05, 3.63) is 79.2 Å². The molecule has 0 N–H and O–H groups in total. The summed E-state index contributed by atoms with van der Waals surface area (Å²) in [4.78, 5) is 36.5. The first-order chi connectivity index (χ1) is 12.3. The SMILES string of the molecule is Cc1cccc(CN2C(=O)S/C(=C\c3ccc(Cl)c([N+](=O)[O-])c3)C2=O)c1. The number of amides is 2. The van der Waals surface area contributed by atoms with Gasteiger partial charge in [-0.05, 0) is 42.0 Å². The third-order valence-electron chi connectivity index (χ3n) is 3.76. The number of nitro benzene ring substituents is 1. The summed E-state index contributed by atoms with van der Waals surface area (Å²) in [5.74, 6) is -0.417. The van der Waals surface area contributed by atoms with Gasteiger partial charge in [0.15, 0.2) is 0 Å². The Hall–Kier alpha value is -2.64. The molecule has 6 nitrogen and oxygen atoms in total. The molecular formula is C18H13ClN2O4S. The number of carbonyl (C=O) groups is 2. The van der Waals surface area contributed by atoms with Gasteiger partial charge in [-0.3, -0.25) is 24.6 Å². The molecule has 3 rings (SSSR count). The summed E-state index contributed by atoms with van der Waals surface area (Å²) in [6, 6.07) is 11.8. The molecule has 2 amide bonds. The molecule has 0 unspecified atom stereocenters. The van der Waals surface area contributed by atoms with Crippen LogP contribution in [-0.4, -0.2) is 21.0 Å². The minimum absolute atomic E-state index is 0.0136. The van der Waals surface area contributed by atoms with E-state index in [2.05, 4.69) is 0 Å². The number of hydrogen-bond acceptors (Lipinski definition) is 5. The predicted molar refractivity (Wildman–Crippen MR) is 101 cm³/mol. The lowest BCUT2D eigenvalue weighted by atomic mass is 10.1. The van der Waals surface area contributed by atoms with Crippen molar-refractivity contribution in [3.63, 3.8) is 0 Å². The smallest absolute Gasteiger partial charge is 0.268 e.